The molecule has 7 nitrogen and oxygen atoms in total. The topological polar surface area (TPSA) is 95.7 Å². The molecule has 0 aliphatic carbocycles. The average Bonchev–Trinajstić information content (AvgIpc) is 2.93. The van der Waals surface area contributed by atoms with Crippen molar-refractivity contribution in [2.45, 2.75) is 25.4 Å². The fraction of sp³-hybridized carbons (Fsp3) is 0.471. The Kier molecular flexibility index (Phi) is 4.80. The number of rotatable bonds is 6. The summed E-state index contributed by atoms with van der Waals surface area (Å²) in [7, 11) is 0. The number of nitrogens with zero attached hydrogens (tertiary/aromatic N) is 2. The molecule has 0 bridgehead atoms. The summed E-state index contributed by atoms with van der Waals surface area (Å²) in [6.07, 6.45) is 1.22. The lowest BCUT2D eigenvalue weighted by Gasteiger charge is -2.31. The van der Waals surface area contributed by atoms with Crippen molar-refractivity contribution in [2.24, 2.45) is 5.73 Å². The summed E-state index contributed by atoms with van der Waals surface area (Å²) in [6, 6.07) is 4.95. The maximum absolute atomic E-state index is 12.7. The van der Waals surface area contributed by atoms with Crippen LogP contribution in [0.15, 0.2) is 18.2 Å². The van der Waals surface area contributed by atoms with E-state index in [4.69, 9.17) is 5.73 Å². The summed E-state index contributed by atoms with van der Waals surface area (Å²) in [6.45, 7) is 3.94. The third-order valence-electron chi connectivity index (χ3n) is 4.69. The SMILES string of the molecule is NC(=O)C(CCC=O)N1Cc2c(cccc2N2CCNCC2)C1=O. The van der Waals surface area contributed by atoms with Crippen LogP contribution in [0.2, 0.25) is 0 Å². The number of piperazine rings is 1. The number of nitrogens with two attached hydrogens (primary N) is 1. The van der Waals surface area contributed by atoms with Crippen LogP contribution in [0.25, 0.3) is 0 Å². The number of hydrogen-bond acceptors (Lipinski definition) is 5. The first-order chi connectivity index (χ1) is 11.6. The molecule has 3 N–H and O–H groups in total. The Morgan fingerprint density at radius 2 is 2.08 bits per heavy atom. The molecule has 2 amide bonds. The van der Waals surface area contributed by atoms with Crippen molar-refractivity contribution in [1.82, 2.24) is 10.2 Å². The molecule has 1 fully saturated rings. The number of primary amides is 1. The van der Waals surface area contributed by atoms with E-state index < -0.39 is 11.9 Å². The minimum atomic E-state index is -0.744. The molecule has 1 saturated heterocycles. The second kappa shape index (κ2) is 7.00. The highest BCUT2D eigenvalue weighted by atomic mass is 16.2. The van der Waals surface area contributed by atoms with Gasteiger partial charge in [-0.05, 0) is 18.6 Å². The summed E-state index contributed by atoms with van der Waals surface area (Å²) in [4.78, 5) is 38.9. The molecular formula is C17H22N4O3. The van der Waals surface area contributed by atoms with E-state index in [-0.39, 0.29) is 18.7 Å². The Hall–Kier alpha value is -2.41. The first-order valence-electron chi connectivity index (χ1n) is 8.25. The molecule has 3 rings (SSSR count). The molecule has 0 aromatic heterocycles. The molecule has 2 heterocycles. The van der Waals surface area contributed by atoms with Crippen LogP contribution in [-0.2, 0) is 16.1 Å². The molecule has 2 aliphatic heterocycles. The van der Waals surface area contributed by atoms with Crippen molar-refractivity contribution < 1.29 is 14.4 Å². The van der Waals surface area contributed by atoms with Crippen molar-refractivity contribution >= 4 is 23.8 Å². The molecule has 128 valence electrons. The maximum Gasteiger partial charge on any atom is 0.255 e. The second-order valence-corrected chi connectivity index (χ2v) is 6.14. The van der Waals surface area contributed by atoms with Gasteiger partial charge in [0.05, 0.1) is 0 Å². The highest BCUT2D eigenvalue weighted by Crippen LogP contribution is 2.33. The van der Waals surface area contributed by atoms with E-state index in [1.54, 1.807) is 6.07 Å². The molecule has 1 aromatic carbocycles. The quantitative estimate of drug-likeness (QED) is 0.709. The lowest BCUT2D eigenvalue weighted by molar-refractivity contribution is -0.122. The van der Waals surface area contributed by atoms with Gasteiger partial charge in [0.25, 0.3) is 5.91 Å². The molecule has 1 unspecified atom stereocenters. The zero-order valence-corrected chi connectivity index (χ0v) is 13.5. The van der Waals surface area contributed by atoms with E-state index in [1.807, 2.05) is 12.1 Å². The molecule has 24 heavy (non-hydrogen) atoms. The van der Waals surface area contributed by atoms with Crippen LogP contribution in [0.5, 0.6) is 0 Å². The van der Waals surface area contributed by atoms with Gasteiger partial charge >= 0.3 is 0 Å². The van der Waals surface area contributed by atoms with Crippen molar-refractivity contribution in [3.05, 3.63) is 29.3 Å². The standard InChI is InChI=1S/C17H22N4O3/c18-16(23)15(5-2-10-22)21-11-13-12(17(21)24)3-1-4-14(13)20-8-6-19-7-9-20/h1,3-4,10,15,19H,2,5-9,11H2,(H2,18,23). The summed E-state index contributed by atoms with van der Waals surface area (Å²) in [5.41, 5.74) is 8.09. The zero-order valence-electron chi connectivity index (χ0n) is 13.5. The van der Waals surface area contributed by atoms with Crippen LogP contribution >= 0.6 is 0 Å². The maximum atomic E-state index is 12.7. The van der Waals surface area contributed by atoms with Crippen LogP contribution in [0.1, 0.15) is 28.8 Å². The Labute approximate surface area is 140 Å². The fourth-order valence-corrected chi connectivity index (χ4v) is 3.47. The van der Waals surface area contributed by atoms with Crippen molar-refractivity contribution in [3.8, 4) is 0 Å². The normalized spacial score (nSPS) is 18.4. The summed E-state index contributed by atoms with van der Waals surface area (Å²) in [5.74, 6) is -0.751. The molecule has 1 atom stereocenters. The van der Waals surface area contributed by atoms with Gasteiger partial charge in [-0.15, -0.1) is 0 Å². The smallest absolute Gasteiger partial charge is 0.255 e. The van der Waals surface area contributed by atoms with Gasteiger partial charge in [0, 0.05) is 56.0 Å². The van der Waals surface area contributed by atoms with Crippen LogP contribution < -0.4 is 16.0 Å². The lowest BCUT2D eigenvalue weighted by atomic mass is 10.1. The van der Waals surface area contributed by atoms with E-state index in [0.29, 0.717) is 12.1 Å². The minimum Gasteiger partial charge on any atom is -0.369 e. The summed E-state index contributed by atoms with van der Waals surface area (Å²) < 4.78 is 0. The number of anilines is 1. The van der Waals surface area contributed by atoms with Gasteiger partial charge in [-0.1, -0.05) is 6.07 Å². The Morgan fingerprint density at radius 3 is 2.75 bits per heavy atom. The molecule has 0 saturated carbocycles. The molecule has 1 aromatic rings. The van der Waals surface area contributed by atoms with Gasteiger partial charge in [0.1, 0.15) is 12.3 Å². The lowest BCUT2D eigenvalue weighted by Crippen LogP contribution is -2.45. The van der Waals surface area contributed by atoms with Gasteiger partial charge in [-0.3, -0.25) is 9.59 Å². The van der Waals surface area contributed by atoms with Crippen LogP contribution in [-0.4, -0.2) is 55.2 Å². The number of amides is 2. The van der Waals surface area contributed by atoms with Crippen molar-refractivity contribution in [2.75, 3.05) is 31.1 Å². The average molecular weight is 330 g/mol. The van der Waals surface area contributed by atoms with Crippen molar-refractivity contribution in [1.29, 1.82) is 0 Å². The number of hydrogen-bond donors (Lipinski definition) is 2. The summed E-state index contributed by atoms with van der Waals surface area (Å²) in [5, 5.41) is 3.31. The fourth-order valence-electron chi connectivity index (χ4n) is 3.47. The number of fused-ring (bicyclic) bond motifs is 1. The number of benzene rings is 1. The van der Waals surface area contributed by atoms with E-state index in [2.05, 4.69) is 10.2 Å². The number of carbonyl (C=O) groups excluding carboxylic acids is 3. The monoisotopic (exact) mass is 330 g/mol. The number of nitrogens with one attached hydrogen (secondary N) is 1. The van der Waals surface area contributed by atoms with Gasteiger partial charge in [0.15, 0.2) is 0 Å². The highest BCUT2D eigenvalue weighted by Gasteiger charge is 2.37. The van der Waals surface area contributed by atoms with Crippen molar-refractivity contribution in [3.63, 3.8) is 0 Å². The third-order valence-corrected chi connectivity index (χ3v) is 4.69. The largest absolute Gasteiger partial charge is 0.369 e. The third kappa shape index (κ3) is 2.99. The zero-order chi connectivity index (χ0) is 17.1. The minimum absolute atomic E-state index is 0.184. The molecule has 7 heteroatoms. The van der Waals surface area contributed by atoms with Gasteiger partial charge in [0.2, 0.25) is 5.91 Å². The first kappa shape index (κ1) is 16.4. The summed E-state index contributed by atoms with van der Waals surface area (Å²) >= 11 is 0. The van der Waals surface area contributed by atoms with Crippen LogP contribution in [0, 0.1) is 0 Å². The Balaban J connectivity index is 1.88. The first-order valence-corrected chi connectivity index (χ1v) is 8.25. The van der Waals surface area contributed by atoms with E-state index in [1.165, 1.54) is 4.90 Å². The van der Waals surface area contributed by atoms with Crippen LogP contribution in [0.4, 0.5) is 5.69 Å². The van der Waals surface area contributed by atoms with Gasteiger partial charge in [-0.2, -0.15) is 0 Å². The predicted molar refractivity (Wildman–Crippen MR) is 89.7 cm³/mol. The molecule has 2 aliphatic rings. The highest BCUT2D eigenvalue weighted by molar-refractivity contribution is 6.02. The van der Waals surface area contributed by atoms with E-state index in [9.17, 15) is 14.4 Å². The number of carbonyl (C=O) groups is 3. The number of aldehydes is 1. The van der Waals surface area contributed by atoms with E-state index >= 15 is 0 Å². The Morgan fingerprint density at radius 1 is 1.33 bits per heavy atom. The molecule has 0 spiro atoms. The molecular weight excluding hydrogens is 308 g/mol. The Bertz CT molecular complexity index is 655. The molecule has 0 radical (unpaired) electrons. The van der Waals surface area contributed by atoms with Gasteiger partial charge in [-0.25, -0.2) is 0 Å². The van der Waals surface area contributed by atoms with Gasteiger partial charge < -0.3 is 25.6 Å². The van der Waals surface area contributed by atoms with Crippen LogP contribution in [0.3, 0.4) is 0 Å². The second-order valence-electron chi connectivity index (χ2n) is 6.14. The van der Waals surface area contributed by atoms with E-state index in [0.717, 1.165) is 43.7 Å². The predicted octanol–water partition coefficient (Wildman–Crippen LogP) is -0.115.